The first kappa shape index (κ1) is 15.1. The molecule has 0 spiro atoms. The van der Waals surface area contributed by atoms with E-state index >= 15 is 0 Å². The van der Waals surface area contributed by atoms with Gasteiger partial charge in [-0.15, -0.1) is 0 Å². The molecule has 2 heterocycles. The van der Waals surface area contributed by atoms with Crippen molar-refractivity contribution < 1.29 is 9.90 Å². The maximum absolute atomic E-state index is 11.1. The van der Waals surface area contributed by atoms with Crippen LogP contribution in [-0.2, 0) is 0 Å². The van der Waals surface area contributed by atoms with Gasteiger partial charge < -0.3 is 10.0 Å². The minimum absolute atomic E-state index is 0.193. The van der Waals surface area contributed by atoms with E-state index in [4.69, 9.17) is 10.9 Å². The predicted octanol–water partition coefficient (Wildman–Crippen LogP) is 2.82. The topological polar surface area (TPSA) is 82.7 Å². The van der Waals surface area contributed by atoms with Crippen molar-refractivity contribution in [2.45, 2.75) is 18.9 Å². The molecule has 0 unspecified atom stereocenters. The second kappa shape index (κ2) is 6.10. The van der Waals surface area contributed by atoms with Gasteiger partial charge in [0.1, 0.15) is 0 Å². The third-order valence-electron chi connectivity index (χ3n) is 4.03. The number of pyridine rings is 1. The van der Waals surface area contributed by atoms with Gasteiger partial charge in [0, 0.05) is 34.8 Å². The van der Waals surface area contributed by atoms with Crippen LogP contribution in [0.15, 0.2) is 34.9 Å². The van der Waals surface area contributed by atoms with E-state index in [-0.39, 0.29) is 6.04 Å². The SMILES string of the molecule is NN(C(=O)O)[C@H]1CCCN(c2ccnc3ccc(Br)cc23)C1. The van der Waals surface area contributed by atoms with Crippen LogP contribution in [0.3, 0.4) is 0 Å². The smallest absolute Gasteiger partial charge is 0.421 e. The number of nitrogens with two attached hydrogens (primary N) is 1. The van der Waals surface area contributed by atoms with Crippen LogP contribution in [0.1, 0.15) is 12.8 Å². The molecule has 1 aromatic heterocycles. The second-order valence-electron chi connectivity index (χ2n) is 5.42. The van der Waals surface area contributed by atoms with E-state index in [1.165, 1.54) is 0 Å². The fourth-order valence-electron chi connectivity index (χ4n) is 2.94. The highest BCUT2D eigenvalue weighted by molar-refractivity contribution is 9.10. The quantitative estimate of drug-likeness (QED) is 0.486. The number of halogens is 1. The first-order chi connectivity index (χ1) is 10.6. The monoisotopic (exact) mass is 364 g/mol. The van der Waals surface area contributed by atoms with Gasteiger partial charge in [-0.05, 0) is 37.1 Å². The lowest BCUT2D eigenvalue weighted by atomic mass is 10.0. The molecule has 22 heavy (non-hydrogen) atoms. The molecule has 1 aliphatic heterocycles. The summed E-state index contributed by atoms with van der Waals surface area (Å²) in [4.78, 5) is 17.6. The lowest BCUT2D eigenvalue weighted by Crippen LogP contribution is -2.53. The van der Waals surface area contributed by atoms with Crippen LogP contribution in [0.5, 0.6) is 0 Å². The van der Waals surface area contributed by atoms with E-state index < -0.39 is 6.09 Å². The van der Waals surface area contributed by atoms with E-state index in [9.17, 15) is 4.79 Å². The number of hydrogen-bond donors (Lipinski definition) is 2. The molecule has 1 saturated heterocycles. The molecule has 6 nitrogen and oxygen atoms in total. The normalized spacial score (nSPS) is 18.5. The Labute approximate surface area is 136 Å². The Morgan fingerprint density at radius 2 is 2.27 bits per heavy atom. The van der Waals surface area contributed by atoms with Crippen molar-refractivity contribution in [1.29, 1.82) is 0 Å². The van der Waals surface area contributed by atoms with Crippen molar-refractivity contribution >= 4 is 38.6 Å². The maximum Gasteiger partial charge on any atom is 0.421 e. The maximum atomic E-state index is 11.1. The van der Waals surface area contributed by atoms with Gasteiger partial charge >= 0.3 is 6.09 Å². The van der Waals surface area contributed by atoms with Gasteiger partial charge in [0.25, 0.3) is 0 Å². The summed E-state index contributed by atoms with van der Waals surface area (Å²) in [6.45, 7) is 1.48. The molecular weight excluding hydrogens is 348 g/mol. The van der Waals surface area contributed by atoms with E-state index in [2.05, 4.69) is 25.8 Å². The molecule has 1 aliphatic rings. The van der Waals surface area contributed by atoms with Crippen molar-refractivity contribution in [3.05, 3.63) is 34.9 Å². The molecule has 1 aromatic carbocycles. The lowest BCUT2D eigenvalue weighted by molar-refractivity contribution is 0.119. The molecule has 1 atom stereocenters. The van der Waals surface area contributed by atoms with Crippen molar-refractivity contribution in [3.63, 3.8) is 0 Å². The van der Waals surface area contributed by atoms with Crippen LogP contribution in [-0.4, -0.2) is 40.3 Å². The number of nitrogens with zero attached hydrogens (tertiary/aromatic N) is 3. The molecule has 2 aromatic rings. The van der Waals surface area contributed by atoms with Gasteiger partial charge in [-0.3, -0.25) is 4.98 Å². The fourth-order valence-corrected chi connectivity index (χ4v) is 3.30. The first-order valence-corrected chi connectivity index (χ1v) is 7.91. The number of carboxylic acid groups (broad SMARTS) is 1. The van der Waals surface area contributed by atoms with Crippen LogP contribution in [0.4, 0.5) is 10.5 Å². The van der Waals surface area contributed by atoms with Gasteiger partial charge in [0.15, 0.2) is 0 Å². The number of anilines is 1. The Morgan fingerprint density at radius 3 is 3.05 bits per heavy atom. The van der Waals surface area contributed by atoms with E-state index in [0.717, 1.165) is 45.5 Å². The average Bonchev–Trinajstić information content (AvgIpc) is 2.53. The zero-order valence-electron chi connectivity index (χ0n) is 11.9. The van der Waals surface area contributed by atoms with Crippen LogP contribution >= 0.6 is 15.9 Å². The lowest BCUT2D eigenvalue weighted by Gasteiger charge is -2.37. The van der Waals surface area contributed by atoms with E-state index in [1.54, 1.807) is 6.20 Å². The zero-order chi connectivity index (χ0) is 15.7. The molecular formula is C15H17BrN4O2. The molecule has 0 aliphatic carbocycles. The number of aromatic nitrogens is 1. The van der Waals surface area contributed by atoms with Crippen molar-refractivity contribution in [1.82, 2.24) is 9.99 Å². The Morgan fingerprint density at radius 1 is 1.45 bits per heavy atom. The summed E-state index contributed by atoms with van der Waals surface area (Å²) in [6, 6.07) is 7.75. The fraction of sp³-hybridized carbons (Fsp3) is 0.333. The standard InChI is InChI=1S/C15H17BrN4O2/c16-10-3-4-13-12(8-10)14(5-6-18-13)19-7-1-2-11(9-19)20(17)15(21)22/h3-6,8,11H,1-2,7,9,17H2,(H,21,22)/t11-/m0/s1. The molecule has 3 rings (SSSR count). The minimum Gasteiger partial charge on any atom is -0.464 e. The number of fused-ring (bicyclic) bond motifs is 1. The molecule has 1 fully saturated rings. The molecule has 116 valence electrons. The number of piperidine rings is 1. The number of benzene rings is 1. The van der Waals surface area contributed by atoms with Crippen LogP contribution in [0.25, 0.3) is 10.9 Å². The highest BCUT2D eigenvalue weighted by atomic mass is 79.9. The third kappa shape index (κ3) is 2.86. The minimum atomic E-state index is -1.09. The molecule has 1 amide bonds. The van der Waals surface area contributed by atoms with Gasteiger partial charge in [-0.2, -0.15) is 0 Å². The van der Waals surface area contributed by atoms with Crippen LogP contribution < -0.4 is 10.7 Å². The van der Waals surface area contributed by atoms with Crippen LogP contribution in [0.2, 0.25) is 0 Å². The molecule has 0 bridgehead atoms. The molecule has 0 radical (unpaired) electrons. The van der Waals surface area contributed by atoms with Crippen molar-refractivity contribution in [3.8, 4) is 0 Å². The molecule has 3 N–H and O–H groups in total. The average molecular weight is 365 g/mol. The third-order valence-corrected chi connectivity index (χ3v) is 4.53. The van der Waals surface area contributed by atoms with Gasteiger partial charge in [-0.1, -0.05) is 15.9 Å². The van der Waals surface area contributed by atoms with Gasteiger partial charge in [0.05, 0.1) is 11.6 Å². The summed E-state index contributed by atoms with van der Waals surface area (Å²) in [5, 5.41) is 11.0. The van der Waals surface area contributed by atoms with E-state index in [0.29, 0.717) is 6.54 Å². The largest absolute Gasteiger partial charge is 0.464 e. The second-order valence-corrected chi connectivity index (χ2v) is 6.34. The Balaban J connectivity index is 1.93. The van der Waals surface area contributed by atoms with E-state index in [1.807, 2.05) is 24.3 Å². The summed E-state index contributed by atoms with van der Waals surface area (Å²) in [7, 11) is 0. The van der Waals surface area contributed by atoms with Crippen molar-refractivity contribution in [2.24, 2.45) is 5.84 Å². The van der Waals surface area contributed by atoms with Gasteiger partial charge in [0.2, 0.25) is 0 Å². The summed E-state index contributed by atoms with van der Waals surface area (Å²) in [5.41, 5.74) is 1.99. The highest BCUT2D eigenvalue weighted by Crippen LogP contribution is 2.30. The van der Waals surface area contributed by atoms with Gasteiger partial charge in [-0.25, -0.2) is 15.6 Å². The summed E-state index contributed by atoms with van der Waals surface area (Å²) in [5.74, 6) is 5.66. The summed E-state index contributed by atoms with van der Waals surface area (Å²) < 4.78 is 0.994. The number of hydrazine groups is 1. The molecule has 7 heteroatoms. The predicted molar refractivity (Wildman–Crippen MR) is 88.7 cm³/mol. The number of rotatable bonds is 2. The number of amides is 1. The van der Waals surface area contributed by atoms with Crippen LogP contribution in [0, 0.1) is 0 Å². The Hall–Kier alpha value is -1.86. The summed E-state index contributed by atoms with van der Waals surface area (Å²) >= 11 is 3.49. The Kier molecular flexibility index (Phi) is 4.17. The Bertz CT molecular complexity index is 709. The zero-order valence-corrected chi connectivity index (χ0v) is 13.5. The number of hydrogen-bond acceptors (Lipinski definition) is 4. The molecule has 0 saturated carbocycles. The highest BCUT2D eigenvalue weighted by Gasteiger charge is 2.27. The van der Waals surface area contributed by atoms with Crippen molar-refractivity contribution in [2.75, 3.05) is 18.0 Å². The first-order valence-electron chi connectivity index (χ1n) is 7.12. The summed E-state index contributed by atoms with van der Waals surface area (Å²) in [6.07, 6.45) is 2.39. The number of carbonyl (C=O) groups is 1.